The Kier molecular flexibility index (Phi) is 5.71. The van der Waals surface area contributed by atoms with Crippen LogP contribution in [0.5, 0.6) is 0 Å². The highest BCUT2D eigenvalue weighted by Crippen LogP contribution is 2.18. The summed E-state index contributed by atoms with van der Waals surface area (Å²) in [6.45, 7) is 4.12. The van der Waals surface area contributed by atoms with Gasteiger partial charge in [-0.15, -0.1) is 11.3 Å². The monoisotopic (exact) mass is 239 g/mol. The van der Waals surface area contributed by atoms with Crippen molar-refractivity contribution < 1.29 is 4.79 Å². The maximum absolute atomic E-state index is 11.7. The third-order valence-electron chi connectivity index (χ3n) is 2.55. The summed E-state index contributed by atoms with van der Waals surface area (Å²) in [5, 5.41) is 0. The number of nitrogens with two attached hydrogens (primary N) is 1. The number of Topliss-reactive ketones (excluding diaryl/α,β-unsaturated/α-hetero) is 1. The first-order valence-corrected chi connectivity index (χ1v) is 6.78. The topological polar surface area (TPSA) is 43.1 Å². The highest BCUT2D eigenvalue weighted by Gasteiger charge is 2.06. The average molecular weight is 239 g/mol. The van der Waals surface area contributed by atoms with Crippen molar-refractivity contribution in [2.45, 2.75) is 52.0 Å². The Morgan fingerprint density at radius 3 is 2.69 bits per heavy atom. The molecule has 1 unspecified atom stereocenters. The van der Waals surface area contributed by atoms with Crippen molar-refractivity contribution in [3.05, 3.63) is 21.9 Å². The molecule has 1 aromatic rings. The van der Waals surface area contributed by atoms with Gasteiger partial charge < -0.3 is 5.73 Å². The van der Waals surface area contributed by atoms with Crippen LogP contribution in [0.2, 0.25) is 0 Å². The number of thiophene rings is 1. The summed E-state index contributed by atoms with van der Waals surface area (Å²) in [6.07, 6.45) is 4.19. The molecule has 0 amide bonds. The predicted molar refractivity (Wildman–Crippen MR) is 69.9 cm³/mol. The number of ketones is 1. The van der Waals surface area contributed by atoms with Crippen LogP contribution < -0.4 is 5.73 Å². The normalized spacial score (nSPS) is 12.7. The number of hydrogen-bond acceptors (Lipinski definition) is 3. The lowest BCUT2D eigenvalue weighted by Gasteiger charge is -2.03. The molecule has 0 aliphatic carbocycles. The fourth-order valence-corrected chi connectivity index (χ4v) is 2.60. The van der Waals surface area contributed by atoms with E-state index >= 15 is 0 Å². The molecule has 0 spiro atoms. The van der Waals surface area contributed by atoms with Gasteiger partial charge in [0.2, 0.25) is 0 Å². The van der Waals surface area contributed by atoms with E-state index in [0.717, 1.165) is 19.3 Å². The van der Waals surface area contributed by atoms with E-state index in [4.69, 9.17) is 5.73 Å². The van der Waals surface area contributed by atoms with Gasteiger partial charge >= 0.3 is 0 Å². The van der Waals surface area contributed by atoms with Gasteiger partial charge in [0.15, 0.2) is 0 Å². The van der Waals surface area contributed by atoms with Gasteiger partial charge in [0.1, 0.15) is 5.78 Å². The van der Waals surface area contributed by atoms with Crippen LogP contribution >= 0.6 is 11.3 Å². The molecule has 90 valence electrons. The smallest absolute Gasteiger partial charge is 0.138 e. The van der Waals surface area contributed by atoms with E-state index in [2.05, 4.69) is 19.1 Å². The zero-order chi connectivity index (χ0) is 12.0. The van der Waals surface area contributed by atoms with E-state index in [1.165, 1.54) is 9.75 Å². The molecule has 0 saturated carbocycles. The maximum Gasteiger partial charge on any atom is 0.138 e. The van der Waals surface area contributed by atoms with E-state index in [-0.39, 0.29) is 6.04 Å². The molecule has 0 fully saturated rings. The van der Waals surface area contributed by atoms with Crippen LogP contribution in [0.25, 0.3) is 0 Å². The van der Waals surface area contributed by atoms with Crippen LogP contribution in [0.1, 0.15) is 42.9 Å². The van der Waals surface area contributed by atoms with Gasteiger partial charge in [0.05, 0.1) is 0 Å². The van der Waals surface area contributed by atoms with Crippen molar-refractivity contribution in [1.29, 1.82) is 0 Å². The molecule has 0 radical (unpaired) electrons. The molecule has 1 heterocycles. The van der Waals surface area contributed by atoms with Crippen LogP contribution in [0.4, 0.5) is 0 Å². The fraction of sp³-hybridized carbons (Fsp3) is 0.615. The van der Waals surface area contributed by atoms with E-state index in [1.807, 2.05) is 6.92 Å². The highest BCUT2D eigenvalue weighted by molar-refractivity contribution is 7.12. The van der Waals surface area contributed by atoms with Crippen molar-refractivity contribution in [2.24, 2.45) is 5.73 Å². The Labute approximate surface area is 102 Å². The Hall–Kier alpha value is -0.670. The SMILES string of the molecule is CCc1ccc(CC(=O)CCCC(C)N)s1. The first kappa shape index (κ1) is 13.4. The molecule has 2 N–H and O–H groups in total. The van der Waals surface area contributed by atoms with Crippen molar-refractivity contribution in [3.63, 3.8) is 0 Å². The second-order valence-corrected chi connectivity index (χ2v) is 5.56. The van der Waals surface area contributed by atoms with Crippen molar-refractivity contribution >= 4 is 17.1 Å². The van der Waals surface area contributed by atoms with Crippen LogP contribution in [0.15, 0.2) is 12.1 Å². The Bertz CT molecular complexity index is 330. The summed E-state index contributed by atoms with van der Waals surface area (Å²) in [6, 6.07) is 4.41. The first-order chi connectivity index (χ1) is 7.61. The lowest BCUT2D eigenvalue weighted by Crippen LogP contribution is -2.15. The zero-order valence-corrected chi connectivity index (χ0v) is 11.0. The van der Waals surface area contributed by atoms with Crippen molar-refractivity contribution in [1.82, 2.24) is 0 Å². The summed E-state index contributed by atoms with van der Waals surface area (Å²) < 4.78 is 0. The van der Waals surface area contributed by atoms with Crippen molar-refractivity contribution in [2.75, 3.05) is 0 Å². The van der Waals surface area contributed by atoms with Crippen molar-refractivity contribution in [3.8, 4) is 0 Å². The molecule has 2 nitrogen and oxygen atoms in total. The summed E-state index contributed by atoms with van der Waals surface area (Å²) in [5.74, 6) is 0.338. The molecular formula is C13H21NOS. The summed E-state index contributed by atoms with van der Waals surface area (Å²) in [7, 11) is 0. The lowest BCUT2D eigenvalue weighted by molar-refractivity contribution is -0.118. The van der Waals surface area contributed by atoms with E-state index in [0.29, 0.717) is 18.6 Å². The molecule has 1 rings (SSSR count). The largest absolute Gasteiger partial charge is 0.328 e. The minimum absolute atomic E-state index is 0.209. The van der Waals surface area contributed by atoms with Gasteiger partial charge in [-0.1, -0.05) is 6.92 Å². The number of carbonyl (C=O) groups is 1. The third-order valence-corrected chi connectivity index (χ3v) is 3.78. The average Bonchev–Trinajstić information content (AvgIpc) is 2.65. The predicted octanol–water partition coefficient (Wildman–Crippen LogP) is 2.94. The van der Waals surface area contributed by atoms with E-state index < -0.39 is 0 Å². The molecule has 1 aromatic heterocycles. The number of carbonyl (C=O) groups excluding carboxylic acids is 1. The number of aryl methyl sites for hydroxylation is 1. The van der Waals surface area contributed by atoms with Gasteiger partial charge in [-0.2, -0.15) is 0 Å². The molecule has 1 atom stereocenters. The fourth-order valence-electron chi connectivity index (χ4n) is 1.61. The molecule has 0 bridgehead atoms. The standard InChI is InChI=1S/C13H21NOS/c1-3-12-7-8-13(16-12)9-11(15)6-4-5-10(2)14/h7-8,10H,3-6,9,14H2,1-2H3. The third kappa shape index (κ3) is 4.90. The summed E-state index contributed by atoms with van der Waals surface area (Å²) in [5.41, 5.74) is 5.64. The van der Waals surface area contributed by atoms with Gasteiger partial charge in [-0.05, 0) is 38.3 Å². The van der Waals surface area contributed by atoms with Crippen LogP contribution in [0.3, 0.4) is 0 Å². The number of rotatable bonds is 7. The van der Waals surface area contributed by atoms with E-state index in [9.17, 15) is 4.79 Å². The molecule has 16 heavy (non-hydrogen) atoms. The maximum atomic E-state index is 11.7. The zero-order valence-electron chi connectivity index (χ0n) is 10.2. The van der Waals surface area contributed by atoms with Crippen LogP contribution in [-0.2, 0) is 17.6 Å². The Morgan fingerprint density at radius 1 is 1.44 bits per heavy atom. The Morgan fingerprint density at radius 2 is 2.12 bits per heavy atom. The minimum Gasteiger partial charge on any atom is -0.328 e. The summed E-state index contributed by atoms with van der Waals surface area (Å²) >= 11 is 1.76. The quantitative estimate of drug-likeness (QED) is 0.795. The van der Waals surface area contributed by atoms with Gasteiger partial charge in [-0.25, -0.2) is 0 Å². The molecule has 0 aliphatic heterocycles. The number of hydrogen-bond donors (Lipinski definition) is 1. The van der Waals surface area contributed by atoms with Gasteiger partial charge in [0, 0.05) is 28.6 Å². The first-order valence-electron chi connectivity index (χ1n) is 5.96. The second kappa shape index (κ2) is 6.81. The molecule has 0 aliphatic rings. The van der Waals surface area contributed by atoms with E-state index in [1.54, 1.807) is 11.3 Å². The Balaban J connectivity index is 2.28. The second-order valence-electron chi connectivity index (χ2n) is 4.31. The molecule has 0 saturated heterocycles. The molecule has 0 aromatic carbocycles. The molecule has 3 heteroatoms. The lowest BCUT2D eigenvalue weighted by atomic mass is 10.1. The summed E-state index contributed by atoms with van der Waals surface area (Å²) in [4.78, 5) is 14.2. The highest BCUT2D eigenvalue weighted by atomic mass is 32.1. The molecular weight excluding hydrogens is 218 g/mol. The van der Waals surface area contributed by atoms with Gasteiger partial charge in [0.25, 0.3) is 0 Å². The van der Waals surface area contributed by atoms with Gasteiger partial charge in [-0.3, -0.25) is 4.79 Å². The van der Waals surface area contributed by atoms with Crippen LogP contribution in [0, 0.1) is 0 Å². The van der Waals surface area contributed by atoms with Crippen LogP contribution in [-0.4, -0.2) is 11.8 Å². The minimum atomic E-state index is 0.209.